The van der Waals surface area contributed by atoms with Gasteiger partial charge in [0.2, 0.25) is 5.88 Å². The molecule has 1 aromatic carbocycles. The molecule has 1 unspecified atom stereocenters. The zero-order valence-electron chi connectivity index (χ0n) is 15.7. The van der Waals surface area contributed by atoms with Gasteiger partial charge in [-0.15, -0.1) is 0 Å². The number of aliphatic hydroxyl groups excluding tert-OH is 1. The summed E-state index contributed by atoms with van der Waals surface area (Å²) in [4.78, 5) is 6.72. The minimum atomic E-state index is -0.0204. The molecule has 4 rings (SSSR count). The number of aliphatic hydroxyl groups is 1. The van der Waals surface area contributed by atoms with E-state index in [-0.39, 0.29) is 18.8 Å². The second kappa shape index (κ2) is 8.87. The molecule has 6 nitrogen and oxygen atoms in total. The molecule has 0 aromatic heterocycles. The predicted octanol–water partition coefficient (Wildman–Crippen LogP) is 2.22. The average molecular weight is 372 g/mol. The first kappa shape index (κ1) is 18.5. The fraction of sp³-hybridized carbons (Fsp3) is 0.571. The standard InChI is InChI=1S/C21H28N2O4/c24-8-2-1-3-16-4-5-19-17(11-16)6-7-23-15-22-21(12-20(19)23)27-14-18-13-25-9-10-26-18/h4-5,11-12,15,18,20,24H,1-3,6-10,13-14H2/t18-,20?/m0/s1. The smallest absolute Gasteiger partial charge is 0.212 e. The fourth-order valence-electron chi connectivity index (χ4n) is 3.85. The summed E-state index contributed by atoms with van der Waals surface area (Å²) in [6.07, 6.45) is 7.93. The van der Waals surface area contributed by atoms with E-state index >= 15 is 0 Å². The Bertz CT molecular complexity index is 697. The molecule has 0 bridgehead atoms. The van der Waals surface area contributed by atoms with E-state index in [1.54, 1.807) is 0 Å². The molecule has 1 fully saturated rings. The monoisotopic (exact) mass is 372 g/mol. The van der Waals surface area contributed by atoms with Crippen LogP contribution in [0.4, 0.5) is 0 Å². The molecule has 3 aliphatic rings. The third-order valence-corrected chi connectivity index (χ3v) is 5.33. The van der Waals surface area contributed by atoms with Crippen LogP contribution in [0.25, 0.3) is 0 Å². The number of aliphatic imine (C=N–C) groups is 1. The van der Waals surface area contributed by atoms with Crippen molar-refractivity contribution in [3.8, 4) is 0 Å². The van der Waals surface area contributed by atoms with Crippen LogP contribution in [0.1, 0.15) is 35.6 Å². The summed E-state index contributed by atoms with van der Waals surface area (Å²) in [7, 11) is 0. The van der Waals surface area contributed by atoms with Crippen LogP contribution in [0, 0.1) is 0 Å². The minimum Gasteiger partial charge on any atom is -0.475 e. The van der Waals surface area contributed by atoms with Gasteiger partial charge in [-0.3, -0.25) is 0 Å². The van der Waals surface area contributed by atoms with Crippen LogP contribution >= 0.6 is 0 Å². The Balaban J connectivity index is 1.42. The molecule has 1 saturated heterocycles. The van der Waals surface area contributed by atoms with Crippen molar-refractivity contribution in [2.24, 2.45) is 4.99 Å². The summed E-state index contributed by atoms with van der Waals surface area (Å²) in [5.41, 5.74) is 4.10. The van der Waals surface area contributed by atoms with Crippen molar-refractivity contribution >= 4 is 6.34 Å². The largest absolute Gasteiger partial charge is 0.475 e. The molecule has 0 spiro atoms. The maximum absolute atomic E-state index is 8.97. The van der Waals surface area contributed by atoms with E-state index in [0.29, 0.717) is 32.3 Å². The molecule has 6 heteroatoms. The quantitative estimate of drug-likeness (QED) is 0.744. The highest BCUT2D eigenvalue weighted by molar-refractivity contribution is 5.61. The van der Waals surface area contributed by atoms with Gasteiger partial charge in [-0.25, -0.2) is 4.99 Å². The van der Waals surface area contributed by atoms with Gasteiger partial charge in [0.25, 0.3) is 0 Å². The van der Waals surface area contributed by atoms with Crippen molar-refractivity contribution in [1.29, 1.82) is 0 Å². The number of hydrogen-bond acceptors (Lipinski definition) is 6. The van der Waals surface area contributed by atoms with Crippen LogP contribution in [0.5, 0.6) is 0 Å². The number of benzene rings is 1. The van der Waals surface area contributed by atoms with Crippen LogP contribution in [0.3, 0.4) is 0 Å². The number of fused-ring (bicyclic) bond motifs is 3. The van der Waals surface area contributed by atoms with Crippen molar-refractivity contribution in [2.45, 2.75) is 37.8 Å². The Kier molecular flexibility index (Phi) is 6.07. The van der Waals surface area contributed by atoms with E-state index < -0.39 is 0 Å². The highest BCUT2D eigenvalue weighted by Crippen LogP contribution is 2.34. The summed E-state index contributed by atoms with van der Waals surface area (Å²) in [5.74, 6) is 0.658. The highest BCUT2D eigenvalue weighted by Gasteiger charge is 2.28. The summed E-state index contributed by atoms with van der Waals surface area (Å²) in [6.45, 7) is 3.56. The van der Waals surface area contributed by atoms with Crippen molar-refractivity contribution in [2.75, 3.05) is 39.6 Å². The molecule has 0 saturated carbocycles. The maximum Gasteiger partial charge on any atom is 0.212 e. The molecular weight excluding hydrogens is 344 g/mol. The molecule has 1 N–H and O–H groups in total. The van der Waals surface area contributed by atoms with E-state index in [0.717, 1.165) is 32.2 Å². The molecule has 0 amide bonds. The zero-order chi connectivity index (χ0) is 18.5. The lowest BCUT2D eigenvalue weighted by molar-refractivity contribution is -0.108. The van der Waals surface area contributed by atoms with Gasteiger partial charge in [-0.2, -0.15) is 0 Å². The van der Waals surface area contributed by atoms with Gasteiger partial charge in [0.15, 0.2) is 0 Å². The summed E-state index contributed by atoms with van der Waals surface area (Å²) in [5, 5.41) is 8.97. The van der Waals surface area contributed by atoms with Crippen LogP contribution < -0.4 is 0 Å². The molecule has 27 heavy (non-hydrogen) atoms. The van der Waals surface area contributed by atoms with E-state index in [9.17, 15) is 0 Å². The number of hydrogen-bond donors (Lipinski definition) is 1. The second-order valence-electron chi connectivity index (χ2n) is 7.27. The summed E-state index contributed by atoms with van der Waals surface area (Å²) < 4.78 is 16.9. The molecular formula is C21H28N2O4. The second-order valence-corrected chi connectivity index (χ2v) is 7.27. The minimum absolute atomic E-state index is 0.0204. The first-order valence-corrected chi connectivity index (χ1v) is 9.90. The van der Waals surface area contributed by atoms with Crippen LogP contribution in [-0.4, -0.2) is 62.0 Å². The summed E-state index contributed by atoms with van der Waals surface area (Å²) in [6, 6.07) is 6.97. The first-order valence-electron chi connectivity index (χ1n) is 9.90. The van der Waals surface area contributed by atoms with Crippen LogP contribution in [0.15, 0.2) is 35.2 Å². The number of rotatable bonds is 7. The Morgan fingerprint density at radius 2 is 2.22 bits per heavy atom. The van der Waals surface area contributed by atoms with Crippen LogP contribution in [-0.2, 0) is 27.1 Å². The van der Waals surface area contributed by atoms with Gasteiger partial charge in [0.1, 0.15) is 12.7 Å². The molecule has 2 atom stereocenters. The number of aryl methyl sites for hydroxylation is 1. The van der Waals surface area contributed by atoms with E-state index in [2.05, 4.69) is 34.2 Å². The lowest BCUT2D eigenvalue weighted by Crippen LogP contribution is -2.36. The molecule has 0 radical (unpaired) electrons. The molecule has 146 valence electrons. The van der Waals surface area contributed by atoms with Gasteiger partial charge in [0, 0.05) is 19.2 Å². The van der Waals surface area contributed by atoms with Crippen molar-refractivity contribution in [1.82, 2.24) is 4.90 Å². The Morgan fingerprint density at radius 3 is 3.07 bits per heavy atom. The van der Waals surface area contributed by atoms with Crippen molar-refractivity contribution in [3.05, 3.63) is 46.8 Å². The van der Waals surface area contributed by atoms with E-state index in [1.807, 2.05) is 6.34 Å². The molecule has 0 aliphatic carbocycles. The van der Waals surface area contributed by atoms with Crippen molar-refractivity contribution < 1.29 is 19.3 Å². The number of unbranched alkanes of at least 4 members (excludes halogenated alkanes) is 1. The van der Waals surface area contributed by atoms with Gasteiger partial charge in [0.05, 0.1) is 32.2 Å². The summed E-state index contributed by atoms with van der Waals surface area (Å²) >= 11 is 0. The molecule has 3 aliphatic heterocycles. The van der Waals surface area contributed by atoms with Gasteiger partial charge in [-0.1, -0.05) is 18.2 Å². The predicted molar refractivity (Wildman–Crippen MR) is 103 cm³/mol. The topological polar surface area (TPSA) is 63.5 Å². The van der Waals surface area contributed by atoms with Gasteiger partial charge < -0.3 is 24.2 Å². The Morgan fingerprint density at radius 1 is 1.26 bits per heavy atom. The maximum atomic E-state index is 8.97. The SMILES string of the molecule is OCCCCc1ccc2c(c1)CCN1C=NC(OC[C@@H]3COCCO3)=CC21. The van der Waals surface area contributed by atoms with E-state index in [1.165, 1.54) is 16.7 Å². The average Bonchev–Trinajstić information content (AvgIpc) is 2.73. The van der Waals surface area contributed by atoms with E-state index in [4.69, 9.17) is 19.3 Å². The lowest BCUT2D eigenvalue weighted by atomic mass is 9.90. The van der Waals surface area contributed by atoms with Crippen molar-refractivity contribution in [3.63, 3.8) is 0 Å². The lowest BCUT2D eigenvalue weighted by Gasteiger charge is -2.36. The Hall–Kier alpha value is -1.89. The number of nitrogens with zero attached hydrogens (tertiary/aromatic N) is 2. The van der Waals surface area contributed by atoms with Gasteiger partial charge in [-0.05, 0) is 42.4 Å². The van der Waals surface area contributed by atoms with Gasteiger partial charge >= 0.3 is 0 Å². The fourth-order valence-corrected chi connectivity index (χ4v) is 3.85. The Labute approximate surface area is 160 Å². The third-order valence-electron chi connectivity index (χ3n) is 5.33. The third kappa shape index (κ3) is 4.51. The zero-order valence-corrected chi connectivity index (χ0v) is 15.7. The molecule has 3 heterocycles. The van der Waals surface area contributed by atoms with Crippen LogP contribution in [0.2, 0.25) is 0 Å². The first-order chi connectivity index (χ1) is 13.3. The molecule has 1 aromatic rings. The normalized spacial score (nSPS) is 24.2. The number of ether oxygens (including phenoxy) is 3. The highest BCUT2D eigenvalue weighted by atomic mass is 16.6.